The summed E-state index contributed by atoms with van der Waals surface area (Å²) in [7, 11) is 0.944. The van der Waals surface area contributed by atoms with Crippen LogP contribution < -0.4 is 5.73 Å². The largest absolute Gasteiger partial charge is 0.464 e. The lowest BCUT2D eigenvalue weighted by Crippen LogP contribution is -2.17. The summed E-state index contributed by atoms with van der Waals surface area (Å²) in [6, 6.07) is 0. The first-order valence-electron chi connectivity index (χ1n) is 2.50. The molecule has 0 bridgehead atoms. The van der Waals surface area contributed by atoms with Gasteiger partial charge in [-0.2, -0.15) is 13.2 Å². The van der Waals surface area contributed by atoms with Crippen molar-refractivity contribution >= 4 is 5.97 Å². The summed E-state index contributed by atoms with van der Waals surface area (Å²) >= 11 is 0. The molecule has 0 fully saturated rings. The Labute approximate surface area is 60.6 Å². The molecule has 0 saturated carbocycles. The standard InChI is InChI=1S/C5H6F3NO2/c1-11-4(10)3(9)2-5(6,7)8/h2H,9H2,1H3. The lowest BCUT2D eigenvalue weighted by molar-refractivity contribution is -0.137. The van der Waals surface area contributed by atoms with E-state index in [0.29, 0.717) is 0 Å². The number of hydrogen-bond acceptors (Lipinski definition) is 3. The summed E-state index contributed by atoms with van der Waals surface area (Å²) in [5.74, 6) is -1.19. The fraction of sp³-hybridized carbons (Fsp3) is 0.400. The molecule has 0 amide bonds. The molecule has 0 aliphatic rings. The first-order valence-corrected chi connectivity index (χ1v) is 2.50. The molecule has 0 radical (unpaired) electrons. The number of hydrogen-bond donors (Lipinski definition) is 1. The van der Waals surface area contributed by atoms with Gasteiger partial charge in [0.2, 0.25) is 0 Å². The number of methoxy groups -OCH3 is 1. The summed E-state index contributed by atoms with van der Waals surface area (Å²) in [6.45, 7) is 0. The van der Waals surface area contributed by atoms with Crippen LogP contribution >= 0.6 is 0 Å². The lowest BCUT2D eigenvalue weighted by Gasteiger charge is -2.01. The van der Waals surface area contributed by atoms with E-state index in [4.69, 9.17) is 0 Å². The second kappa shape index (κ2) is 3.27. The maximum Gasteiger partial charge on any atom is 0.411 e. The van der Waals surface area contributed by atoms with E-state index >= 15 is 0 Å². The predicted octanol–water partition coefficient (Wildman–Crippen LogP) is 0.564. The van der Waals surface area contributed by atoms with Gasteiger partial charge in [0.1, 0.15) is 5.70 Å². The SMILES string of the molecule is COC(=O)C(N)=CC(F)(F)F. The van der Waals surface area contributed by atoms with Gasteiger partial charge in [0.15, 0.2) is 0 Å². The molecule has 0 atom stereocenters. The molecular formula is C5H6F3NO2. The smallest absolute Gasteiger partial charge is 0.411 e. The third kappa shape index (κ3) is 4.24. The van der Waals surface area contributed by atoms with Crippen molar-refractivity contribution in [1.29, 1.82) is 0 Å². The first kappa shape index (κ1) is 9.80. The van der Waals surface area contributed by atoms with Gasteiger partial charge in [0.25, 0.3) is 0 Å². The molecule has 0 unspecified atom stereocenters. The first-order chi connectivity index (χ1) is 4.87. The van der Waals surface area contributed by atoms with Crippen LogP contribution in [0.1, 0.15) is 0 Å². The summed E-state index contributed by atoms with van der Waals surface area (Å²) in [5, 5.41) is 0. The number of esters is 1. The topological polar surface area (TPSA) is 52.3 Å². The molecule has 0 aliphatic heterocycles. The number of halogens is 3. The Morgan fingerprint density at radius 1 is 1.55 bits per heavy atom. The molecule has 11 heavy (non-hydrogen) atoms. The minimum Gasteiger partial charge on any atom is -0.464 e. The van der Waals surface area contributed by atoms with Gasteiger partial charge in [0, 0.05) is 6.08 Å². The van der Waals surface area contributed by atoms with E-state index in [2.05, 4.69) is 10.5 Å². The van der Waals surface area contributed by atoms with E-state index in [1.165, 1.54) is 0 Å². The van der Waals surface area contributed by atoms with Gasteiger partial charge in [-0.15, -0.1) is 0 Å². The van der Waals surface area contributed by atoms with E-state index < -0.39 is 17.8 Å². The van der Waals surface area contributed by atoms with Gasteiger partial charge >= 0.3 is 12.1 Å². The summed E-state index contributed by atoms with van der Waals surface area (Å²) < 4.78 is 38.2. The second-order valence-electron chi connectivity index (χ2n) is 1.63. The van der Waals surface area contributed by atoms with Crippen molar-refractivity contribution in [1.82, 2.24) is 0 Å². The summed E-state index contributed by atoms with van der Waals surface area (Å²) in [6.07, 6.45) is -4.91. The monoisotopic (exact) mass is 169 g/mol. The highest BCUT2D eigenvalue weighted by molar-refractivity contribution is 5.87. The van der Waals surface area contributed by atoms with Crippen molar-refractivity contribution in [2.24, 2.45) is 5.73 Å². The van der Waals surface area contributed by atoms with Crippen LogP contribution in [0.4, 0.5) is 13.2 Å². The van der Waals surface area contributed by atoms with Crippen LogP contribution in [0.2, 0.25) is 0 Å². The molecule has 0 spiro atoms. The molecule has 3 nitrogen and oxygen atoms in total. The van der Waals surface area contributed by atoms with Crippen molar-refractivity contribution < 1.29 is 22.7 Å². The van der Waals surface area contributed by atoms with E-state index in [9.17, 15) is 18.0 Å². The third-order valence-corrected chi connectivity index (χ3v) is 0.740. The Kier molecular flexibility index (Phi) is 2.91. The number of carbonyl (C=O) groups excluding carboxylic acids is 1. The Bertz CT molecular complexity index is 185. The average Bonchev–Trinajstić information content (AvgIpc) is 1.82. The van der Waals surface area contributed by atoms with Crippen molar-refractivity contribution in [3.8, 4) is 0 Å². The zero-order valence-corrected chi connectivity index (χ0v) is 5.61. The van der Waals surface area contributed by atoms with Crippen molar-refractivity contribution in [2.45, 2.75) is 6.18 Å². The van der Waals surface area contributed by atoms with Crippen molar-refractivity contribution in [3.63, 3.8) is 0 Å². The average molecular weight is 169 g/mol. The van der Waals surface area contributed by atoms with Gasteiger partial charge < -0.3 is 10.5 Å². The Hall–Kier alpha value is -1.20. The Balaban J connectivity index is 4.34. The van der Waals surface area contributed by atoms with E-state index in [0.717, 1.165) is 7.11 Å². The number of allylic oxidation sites excluding steroid dienone is 1. The Morgan fingerprint density at radius 2 is 2.00 bits per heavy atom. The highest BCUT2D eigenvalue weighted by atomic mass is 19.4. The van der Waals surface area contributed by atoms with Gasteiger partial charge in [-0.1, -0.05) is 0 Å². The molecule has 0 rings (SSSR count). The number of carbonyl (C=O) groups is 1. The van der Waals surface area contributed by atoms with Crippen LogP contribution in [0.15, 0.2) is 11.8 Å². The number of alkyl halides is 3. The second-order valence-corrected chi connectivity index (χ2v) is 1.63. The van der Waals surface area contributed by atoms with Crippen LogP contribution in [-0.2, 0) is 9.53 Å². The van der Waals surface area contributed by atoms with Gasteiger partial charge in [-0.25, -0.2) is 4.79 Å². The van der Waals surface area contributed by atoms with Crippen molar-refractivity contribution in [3.05, 3.63) is 11.8 Å². The van der Waals surface area contributed by atoms with E-state index in [-0.39, 0.29) is 6.08 Å². The lowest BCUT2D eigenvalue weighted by atomic mass is 10.4. The van der Waals surface area contributed by atoms with E-state index in [1.54, 1.807) is 0 Å². The molecule has 0 saturated heterocycles. The fourth-order valence-electron chi connectivity index (χ4n) is 0.353. The number of ether oxygens (including phenoxy) is 1. The predicted molar refractivity (Wildman–Crippen MR) is 30.3 cm³/mol. The van der Waals surface area contributed by atoms with Crippen LogP contribution in [0.5, 0.6) is 0 Å². The quantitative estimate of drug-likeness (QED) is 0.461. The Morgan fingerprint density at radius 3 is 2.27 bits per heavy atom. The molecule has 2 N–H and O–H groups in total. The minimum atomic E-state index is -4.59. The fourth-order valence-corrected chi connectivity index (χ4v) is 0.353. The molecule has 0 heterocycles. The van der Waals surface area contributed by atoms with Gasteiger partial charge in [-0.05, 0) is 0 Å². The normalized spacial score (nSPS) is 12.9. The van der Waals surface area contributed by atoms with Crippen LogP contribution in [0.25, 0.3) is 0 Å². The maximum absolute atomic E-state index is 11.4. The molecule has 0 aliphatic carbocycles. The molecule has 0 aromatic heterocycles. The molecule has 64 valence electrons. The van der Waals surface area contributed by atoms with Crippen molar-refractivity contribution in [2.75, 3.05) is 7.11 Å². The highest BCUT2D eigenvalue weighted by Crippen LogP contribution is 2.17. The number of nitrogens with two attached hydrogens (primary N) is 1. The molecule has 0 aromatic rings. The van der Waals surface area contributed by atoms with Crippen LogP contribution in [-0.4, -0.2) is 19.3 Å². The summed E-state index contributed by atoms with van der Waals surface area (Å²) in [4.78, 5) is 10.3. The van der Waals surface area contributed by atoms with Crippen LogP contribution in [0.3, 0.4) is 0 Å². The van der Waals surface area contributed by atoms with Crippen LogP contribution in [0, 0.1) is 0 Å². The summed E-state index contributed by atoms with van der Waals surface area (Å²) in [5.41, 5.74) is 3.72. The van der Waals surface area contributed by atoms with E-state index in [1.807, 2.05) is 0 Å². The highest BCUT2D eigenvalue weighted by Gasteiger charge is 2.25. The minimum absolute atomic E-state index is 0.321. The zero-order valence-electron chi connectivity index (χ0n) is 5.61. The van der Waals surface area contributed by atoms with Gasteiger partial charge in [-0.3, -0.25) is 0 Å². The maximum atomic E-state index is 11.4. The molecule has 6 heteroatoms. The third-order valence-electron chi connectivity index (χ3n) is 0.740. The van der Waals surface area contributed by atoms with Gasteiger partial charge in [0.05, 0.1) is 7.11 Å². The molecular weight excluding hydrogens is 163 g/mol. The number of rotatable bonds is 1. The zero-order chi connectivity index (χ0) is 9.07. The molecule has 0 aromatic carbocycles.